The van der Waals surface area contributed by atoms with E-state index in [4.69, 9.17) is 0 Å². The molecule has 19 heavy (non-hydrogen) atoms. The Morgan fingerprint density at radius 1 is 1.32 bits per heavy atom. The van der Waals surface area contributed by atoms with Crippen molar-refractivity contribution in [2.75, 3.05) is 17.2 Å². The zero-order chi connectivity index (χ0) is 13.7. The molecule has 2 N–H and O–H groups in total. The average Bonchev–Trinajstić information content (AvgIpc) is 2.85. The van der Waals surface area contributed by atoms with Gasteiger partial charge < -0.3 is 10.6 Å². The Hall–Kier alpha value is -2.30. The van der Waals surface area contributed by atoms with E-state index in [0.717, 1.165) is 30.3 Å². The second-order valence-corrected chi connectivity index (χ2v) is 4.28. The van der Waals surface area contributed by atoms with Gasteiger partial charge in [-0.05, 0) is 30.7 Å². The summed E-state index contributed by atoms with van der Waals surface area (Å²) in [6.07, 6.45) is 4.72. The number of anilines is 2. The Balaban J connectivity index is 2.17. The molecule has 0 radical (unpaired) electrons. The van der Waals surface area contributed by atoms with Gasteiger partial charge in [-0.15, -0.1) is 0 Å². The van der Waals surface area contributed by atoms with Crippen molar-refractivity contribution in [2.45, 2.75) is 20.3 Å². The lowest BCUT2D eigenvalue weighted by atomic mass is 10.2. The quantitative estimate of drug-likeness (QED) is 0.866. The molecular formula is C14H18N4O. The Morgan fingerprint density at radius 2 is 2.05 bits per heavy atom. The van der Waals surface area contributed by atoms with Crippen LogP contribution in [0.25, 0.3) is 5.69 Å². The minimum Gasteiger partial charge on any atom is -0.355 e. The number of rotatable bonds is 5. The third-order valence-electron chi connectivity index (χ3n) is 2.64. The molecule has 100 valence electrons. The maximum absolute atomic E-state index is 11.0. The first kappa shape index (κ1) is 13.1. The van der Waals surface area contributed by atoms with Crippen molar-refractivity contribution >= 4 is 17.5 Å². The number of amides is 1. The summed E-state index contributed by atoms with van der Waals surface area (Å²) in [5, 5.41) is 6.02. The number of nitrogens with zero attached hydrogens (tertiary/aromatic N) is 2. The topological polar surface area (TPSA) is 59.0 Å². The zero-order valence-electron chi connectivity index (χ0n) is 11.2. The number of hydrogen-bond acceptors (Lipinski definition) is 3. The van der Waals surface area contributed by atoms with Crippen LogP contribution in [-0.4, -0.2) is 22.0 Å². The number of carbonyl (C=O) groups excluding carboxylic acids is 1. The molecule has 1 aromatic heterocycles. The van der Waals surface area contributed by atoms with Crippen LogP contribution in [-0.2, 0) is 4.79 Å². The van der Waals surface area contributed by atoms with Crippen LogP contribution < -0.4 is 10.6 Å². The first-order valence-electron chi connectivity index (χ1n) is 6.36. The molecule has 0 saturated carbocycles. The van der Waals surface area contributed by atoms with Crippen molar-refractivity contribution < 1.29 is 4.79 Å². The first-order valence-corrected chi connectivity index (χ1v) is 6.36. The summed E-state index contributed by atoms with van der Waals surface area (Å²) < 4.78 is 1.98. The lowest BCUT2D eigenvalue weighted by Crippen LogP contribution is -2.07. The second-order valence-electron chi connectivity index (χ2n) is 4.28. The number of nitrogens with one attached hydrogen (secondary N) is 2. The third kappa shape index (κ3) is 3.34. The van der Waals surface area contributed by atoms with Crippen LogP contribution >= 0.6 is 0 Å². The van der Waals surface area contributed by atoms with E-state index >= 15 is 0 Å². The van der Waals surface area contributed by atoms with Gasteiger partial charge in [0.05, 0.1) is 0 Å². The van der Waals surface area contributed by atoms with E-state index in [2.05, 4.69) is 22.5 Å². The van der Waals surface area contributed by atoms with Gasteiger partial charge >= 0.3 is 0 Å². The highest BCUT2D eigenvalue weighted by molar-refractivity contribution is 5.88. The summed E-state index contributed by atoms with van der Waals surface area (Å²) in [5.41, 5.74) is 1.80. The van der Waals surface area contributed by atoms with Crippen LogP contribution in [0.4, 0.5) is 11.6 Å². The van der Waals surface area contributed by atoms with E-state index in [0.29, 0.717) is 0 Å². The SMILES string of the molecule is CCCNc1nccn1-c1ccc(NC(C)=O)cc1. The number of imidazole rings is 1. The van der Waals surface area contributed by atoms with Crippen molar-refractivity contribution in [3.8, 4) is 5.69 Å². The van der Waals surface area contributed by atoms with Crippen LogP contribution in [0, 0.1) is 0 Å². The highest BCUT2D eigenvalue weighted by Gasteiger charge is 2.04. The zero-order valence-corrected chi connectivity index (χ0v) is 11.2. The molecule has 5 heteroatoms. The first-order chi connectivity index (χ1) is 9.20. The van der Waals surface area contributed by atoms with E-state index in [1.165, 1.54) is 6.92 Å². The molecular weight excluding hydrogens is 240 g/mol. The lowest BCUT2D eigenvalue weighted by molar-refractivity contribution is -0.114. The average molecular weight is 258 g/mol. The number of hydrogen-bond donors (Lipinski definition) is 2. The largest absolute Gasteiger partial charge is 0.355 e. The lowest BCUT2D eigenvalue weighted by Gasteiger charge is -2.10. The molecule has 0 unspecified atom stereocenters. The van der Waals surface area contributed by atoms with E-state index in [9.17, 15) is 4.79 Å². The van der Waals surface area contributed by atoms with Crippen molar-refractivity contribution in [1.29, 1.82) is 0 Å². The van der Waals surface area contributed by atoms with Gasteiger partial charge in [0.15, 0.2) is 0 Å². The molecule has 0 atom stereocenters. The molecule has 0 fully saturated rings. The molecule has 0 saturated heterocycles. The van der Waals surface area contributed by atoms with Crippen LogP contribution in [0.15, 0.2) is 36.7 Å². The maximum Gasteiger partial charge on any atom is 0.221 e. The second kappa shape index (κ2) is 6.04. The van der Waals surface area contributed by atoms with Gasteiger partial charge in [0.2, 0.25) is 11.9 Å². The van der Waals surface area contributed by atoms with Crippen molar-refractivity contribution in [3.63, 3.8) is 0 Å². The van der Waals surface area contributed by atoms with Gasteiger partial charge in [0.1, 0.15) is 0 Å². The Morgan fingerprint density at radius 3 is 2.68 bits per heavy atom. The molecule has 5 nitrogen and oxygen atoms in total. The predicted molar refractivity (Wildman–Crippen MR) is 76.6 cm³/mol. The monoisotopic (exact) mass is 258 g/mol. The summed E-state index contributed by atoms with van der Waals surface area (Å²) in [5.74, 6) is 0.759. The standard InChI is InChI=1S/C14H18N4O/c1-3-8-15-14-16-9-10-18(14)13-6-4-12(5-7-13)17-11(2)19/h4-7,9-10H,3,8H2,1-2H3,(H,15,16)(H,17,19). The minimum absolute atomic E-state index is 0.0688. The minimum atomic E-state index is -0.0688. The van der Waals surface area contributed by atoms with Crippen LogP contribution in [0.5, 0.6) is 0 Å². The summed E-state index contributed by atoms with van der Waals surface area (Å²) >= 11 is 0. The van der Waals surface area contributed by atoms with Crippen LogP contribution in [0.1, 0.15) is 20.3 Å². The number of aromatic nitrogens is 2. The molecule has 1 amide bonds. The Labute approximate surface area is 112 Å². The van der Waals surface area contributed by atoms with Gasteiger partial charge in [-0.3, -0.25) is 9.36 Å². The normalized spacial score (nSPS) is 10.2. The van der Waals surface area contributed by atoms with E-state index in [1.807, 2.05) is 35.0 Å². The molecule has 0 aliphatic heterocycles. The molecule has 0 aliphatic carbocycles. The summed E-state index contributed by atoms with van der Waals surface area (Å²) in [6.45, 7) is 4.50. The van der Waals surface area contributed by atoms with Gasteiger partial charge in [0, 0.05) is 37.2 Å². The highest BCUT2D eigenvalue weighted by atomic mass is 16.1. The van der Waals surface area contributed by atoms with Crippen LogP contribution in [0.3, 0.4) is 0 Å². The summed E-state index contributed by atoms with van der Waals surface area (Å²) in [7, 11) is 0. The Kier molecular flexibility index (Phi) is 4.18. The van der Waals surface area contributed by atoms with Crippen LogP contribution in [0.2, 0.25) is 0 Å². The van der Waals surface area contributed by atoms with E-state index in [-0.39, 0.29) is 5.91 Å². The van der Waals surface area contributed by atoms with Gasteiger partial charge in [0.25, 0.3) is 0 Å². The molecule has 0 aliphatic rings. The molecule has 1 heterocycles. The van der Waals surface area contributed by atoms with Gasteiger partial charge in [-0.1, -0.05) is 6.92 Å². The maximum atomic E-state index is 11.0. The fraction of sp³-hybridized carbons (Fsp3) is 0.286. The number of benzene rings is 1. The molecule has 1 aromatic carbocycles. The fourth-order valence-corrected chi connectivity index (χ4v) is 1.79. The molecule has 2 aromatic rings. The molecule has 0 spiro atoms. The highest BCUT2D eigenvalue weighted by Crippen LogP contribution is 2.17. The smallest absolute Gasteiger partial charge is 0.221 e. The molecule has 0 bridgehead atoms. The van der Waals surface area contributed by atoms with Crippen molar-refractivity contribution in [1.82, 2.24) is 9.55 Å². The van der Waals surface area contributed by atoms with Crippen molar-refractivity contribution in [3.05, 3.63) is 36.7 Å². The van der Waals surface area contributed by atoms with E-state index < -0.39 is 0 Å². The third-order valence-corrected chi connectivity index (χ3v) is 2.64. The van der Waals surface area contributed by atoms with Gasteiger partial charge in [-0.2, -0.15) is 0 Å². The molecule has 2 rings (SSSR count). The van der Waals surface area contributed by atoms with Gasteiger partial charge in [-0.25, -0.2) is 4.98 Å². The van der Waals surface area contributed by atoms with E-state index in [1.54, 1.807) is 6.20 Å². The predicted octanol–water partition coefficient (Wildman–Crippen LogP) is 2.65. The summed E-state index contributed by atoms with van der Waals surface area (Å²) in [4.78, 5) is 15.2. The summed E-state index contributed by atoms with van der Waals surface area (Å²) in [6, 6.07) is 7.65. The Bertz CT molecular complexity index is 545. The fourth-order valence-electron chi connectivity index (χ4n) is 1.79. The van der Waals surface area contributed by atoms with Crippen molar-refractivity contribution in [2.24, 2.45) is 0 Å². The number of carbonyl (C=O) groups is 1.